The summed E-state index contributed by atoms with van der Waals surface area (Å²) in [5.74, 6) is 0.871. The molecule has 0 N–H and O–H groups in total. The van der Waals surface area contributed by atoms with Gasteiger partial charge in [-0.2, -0.15) is 0 Å². The van der Waals surface area contributed by atoms with Crippen molar-refractivity contribution in [2.75, 3.05) is 13.2 Å². The number of carbonyl (C=O) groups excluding carboxylic acids is 3. The van der Waals surface area contributed by atoms with E-state index in [0.717, 1.165) is 69.6 Å². The van der Waals surface area contributed by atoms with E-state index in [1.54, 1.807) is 0 Å². The zero-order chi connectivity index (χ0) is 44.7. The summed E-state index contributed by atoms with van der Waals surface area (Å²) < 4.78 is 16.8. The highest BCUT2D eigenvalue weighted by atomic mass is 16.6. The number of hydrogen-bond acceptors (Lipinski definition) is 6. The molecule has 2 unspecified atom stereocenters. The fourth-order valence-corrected chi connectivity index (χ4v) is 8.28. The number of hydrogen-bond donors (Lipinski definition) is 0. The first kappa shape index (κ1) is 59.4. The van der Waals surface area contributed by atoms with E-state index in [-0.39, 0.29) is 31.1 Å². The first-order chi connectivity index (χ1) is 29.8. The molecule has 0 amide bonds. The monoisotopic (exact) mass is 863 g/mol. The van der Waals surface area contributed by atoms with Crippen LogP contribution in [0.3, 0.4) is 0 Å². The summed E-state index contributed by atoms with van der Waals surface area (Å²) in [5, 5.41) is 0. The lowest BCUT2D eigenvalue weighted by molar-refractivity contribution is -0.167. The van der Waals surface area contributed by atoms with Crippen molar-refractivity contribution >= 4 is 17.9 Å². The van der Waals surface area contributed by atoms with Crippen LogP contribution in [0.2, 0.25) is 0 Å². The Morgan fingerprint density at radius 3 is 0.852 bits per heavy atom. The van der Waals surface area contributed by atoms with Crippen molar-refractivity contribution in [2.45, 2.75) is 310 Å². The maximum Gasteiger partial charge on any atom is 0.306 e. The standard InChI is InChI=1S/C55H106O6/c1-6-9-10-11-12-13-14-15-16-17-18-19-20-25-32-37-42-47-55(58)61-52(49-60-54(57)46-41-36-31-27-26-29-34-39-44-51(5)8-3)48-59-53(56)45-40-35-30-24-22-21-23-28-33-38-43-50(4)7-2/h50-52H,6-49H2,1-5H3/t50?,51?,52-/m1/s1. The first-order valence-electron chi connectivity index (χ1n) is 27.3. The van der Waals surface area contributed by atoms with Gasteiger partial charge < -0.3 is 14.2 Å². The maximum atomic E-state index is 12.8. The Labute approximate surface area is 380 Å². The number of esters is 3. The fourth-order valence-electron chi connectivity index (χ4n) is 8.28. The quantitative estimate of drug-likeness (QED) is 0.0344. The largest absolute Gasteiger partial charge is 0.462 e. The Morgan fingerprint density at radius 1 is 0.328 bits per heavy atom. The van der Waals surface area contributed by atoms with Crippen molar-refractivity contribution in [3.63, 3.8) is 0 Å². The molecule has 0 rings (SSSR count). The van der Waals surface area contributed by atoms with Crippen LogP contribution < -0.4 is 0 Å². The molecule has 362 valence electrons. The third-order valence-electron chi connectivity index (χ3n) is 13.2. The fraction of sp³-hybridized carbons (Fsp3) is 0.945. The van der Waals surface area contributed by atoms with Gasteiger partial charge >= 0.3 is 17.9 Å². The average molecular weight is 863 g/mol. The van der Waals surface area contributed by atoms with E-state index in [0.29, 0.717) is 19.3 Å². The smallest absolute Gasteiger partial charge is 0.306 e. The minimum absolute atomic E-state index is 0.0639. The van der Waals surface area contributed by atoms with E-state index < -0.39 is 6.10 Å². The number of unbranched alkanes of at least 4 members (excludes halogenated alkanes) is 32. The molecule has 3 atom stereocenters. The van der Waals surface area contributed by atoms with Gasteiger partial charge in [0.1, 0.15) is 13.2 Å². The van der Waals surface area contributed by atoms with Crippen molar-refractivity contribution in [2.24, 2.45) is 11.8 Å². The predicted molar refractivity (Wildman–Crippen MR) is 261 cm³/mol. The zero-order valence-electron chi connectivity index (χ0n) is 41.8. The number of ether oxygens (including phenoxy) is 3. The summed E-state index contributed by atoms with van der Waals surface area (Å²) in [7, 11) is 0. The molecule has 0 aromatic heterocycles. The molecule has 0 spiro atoms. The van der Waals surface area contributed by atoms with Crippen LogP contribution in [0.25, 0.3) is 0 Å². The first-order valence-corrected chi connectivity index (χ1v) is 27.3. The van der Waals surface area contributed by atoms with Gasteiger partial charge in [0.2, 0.25) is 0 Å². The molecule has 0 heterocycles. The van der Waals surface area contributed by atoms with Gasteiger partial charge in [-0.1, -0.05) is 266 Å². The summed E-state index contributed by atoms with van der Waals surface area (Å²) in [4.78, 5) is 38.0. The van der Waals surface area contributed by atoms with E-state index >= 15 is 0 Å². The average Bonchev–Trinajstić information content (AvgIpc) is 3.26. The van der Waals surface area contributed by atoms with Gasteiger partial charge in [0, 0.05) is 19.3 Å². The van der Waals surface area contributed by atoms with Crippen molar-refractivity contribution in [3.8, 4) is 0 Å². The van der Waals surface area contributed by atoms with E-state index in [1.165, 1.54) is 193 Å². The Kier molecular flexibility index (Phi) is 46.6. The highest BCUT2D eigenvalue weighted by molar-refractivity contribution is 5.71. The Bertz CT molecular complexity index is 935. The van der Waals surface area contributed by atoms with E-state index in [9.17, 15) is 14.4 Å². The maximum absolute atomic E-state index is 12.8. The summed E-state index contributed by atoms with van der Waals surface area (Å²) in [6.45, 7) is 11.4. The second kappa shape index (κ2) is 47.9. The van der Waals surface area contributed by atoms with Crippen LogP contribution in [0.4, 0.5) is 0 Å². The van der Waals surface area contributed by atoms with Crippen LogP contribution in [-0.4, -0.2) is 37.2 Å². The predicted octanol–water partition coefficient (Wildman–Crippen LogP) is 17.7. The van der Waals surface area contributed by atoms with E-state index in [4.69, 9.17) is 14.2 Å². The molecule has 6 nitrogen and oxygen atoms in total. The molecular formula is C55H106O6. The minimum Gasteiger partial charge on any atom is -0.462 e. The topological polar surface area (TPSA) is 78.9 Å². The summed E-state index contributed by atoms with van der Waals surface area (Å²) in [6.07, 6.45) is 49.3. The van der Waals surface area contributed by atoms with Crippen molar-refractivity contribution in [1.29, 1.82) is 0 Å². The molecule has 0 aliphatic carbocycles. The lowest BCUT2D eigenvalue weighted by atomic mass is 9.99. The molecular weight excluding hydrogens is 757 g/mol. The molecule has 0 aliphatic rings. The molecule has 61 heavy (non-hydrogen) atoms. The zero-order valence-corrected chi connectivity index (χ0v) is 41.8. The Morgan fingerprint density at radius 2 is 0.574 bits per heavy atom. The van der Waals surface area contributed by atoms with Gasteiger partial charge in [-0.3, -0.25) is 14.4 Å². The van der Waals surface area contributed by atoms with E-state index in [2.05, 4.69) is 34.6 Å². The van der Waals surface area contributed by atoms with Crippen molar-refractivity contribution in [1.82, 2.24) is 0 Å². The summed E-state index contributed by atoms with van der Waals surface area (Å²) in [5.41, 5.74) is 0. The Balaban J connectivity index is 4.32. The molecule has 0 saturated carbocycles. The van der Waals surface area contributed by atoms with Crippen LogP contribution in [0.5, 0.6) is 0 Å². The van der Waals surface area contributed by atoms with Crippen LogP contribution in [0.1, 0.15) is 304 Å². The molecule has 0 aromatic rings. The van der Waals surface area contributed by atoms with Gasteiger partial charge in [0.05, 0.1) is 0 Å². The minimum atomic E-state index is -0.762. The van der Waals surface area contributed by atoms with Crippen LogP contribution in [0.15, 0.2) is 0 Å². The van der Waals surface area contributed by atoms with Crippen LogP contribution >= 0.6 is 0 Å². The lowest BCUT2D eigenvalue weighted by Crippen LogP contribution is -2.30. The summed E-state index contributed by atoms with van der Waals surface area (Å²) in [6, 6.07) is 0. The molecule has 0 bridgehead atoms. The molecule has 0 radical (unpaired) electrons. The SMILES string of the molecule is CCCCCCCCCCCCCCCCCCCC(=O)O[C@H](COC(=O)CCCCCCCCCCCCC(C)CC)COC(=O)CCCCCCCCCCC(C)CC. The lowest BCUT2D eigenvalue weighted by Gasteiger charge is -2.18. The Hall–Kier alpha value is -1.59. The second-order valence-corrected chi connectivity index (χ2v) is 19.4. The van der Waals surface area contributed by atoms with Crippen LogP contribution in [0, 0.1) is 11.8 Å². The van der Waals surface area contributed by atoms with Gasteiger partial charge in [-0.05, 0) is 31.1 Å². The number of rotatable bonds is 49. The van der Waals surface area contributed by atoms with Crippen LogP contribution in [-0.2, 0) is 28.6 Å². The normalized spacial score (nSPS) is 12.9. The molecule has 0 aliphatic heterocycles. The second-order valence-electron chi connectivity index (χ2n) is 19.4. The molecule has 0 saturated heterocycles. The molecule has 0 aromatic carbocycles. The molecule has 6 heteroatoms. The van der Waals surface area contributed by atoms with Gasteiger partial charge in [-0.15, -0.1) is 0 Å². The highest BCUT2D eigenvalue weighted by Gasteiger charge is 2.19. The third-order valence-corrected chi connectivity index (χ3v) is 13.2. The molecule has 0 fully saturated rings. The van der Waals surface area contributed by atoms with Crippen molar-refractivity contribution in [3.05, 3.63) is 0 Å². The van der Waals surface area contributed by atoms with E-state index in [1.807, 2.05) is 0 Å². The highest BCUT2D eigenvalue weighted by Crippen LogP contribution is 2.18. The number of carbonyl (C=O) groups is 3. The van der Waals surface area contributed by atoms with Crippen molar-refractivity contribution < 1.29 is 28.6 Å². The van der Waals surface area contributed by atoms with Gasteiger partial charge in [0.25, 0.3) is 0 Å². The van der Waals surface area contributed by atoms with Gasteiger partial charge in [-0.25, -0.2) is 0 Å². The third kappa shape index (κ3) is 46.2. The summed E-state index contributed by atoms with van der Waals surface area (Å²) >= 11 is 0. The van der Waals surface area contributed by atoms with Gasteiger partial charge in [0.15, 0.2) is 6.10 Å².